The van der Waals surface area contributed by atoms with Crippen molar-refractivity contribution < 1.29 is 0 Å². The van der Waals surface area contributed by atoms with E-state index in [1.54, 1.807) is 12.3 Å². The Morgan fingerprint density at radius 2 is 1.89 bits per heavy atom. The Kier molecular flexibility index (Phi) is 2.11. The number of nitriles is 2. The first-order chi connectivity index (χ1) is 8.85. The first kappa shape index (κ1) is 10.1. The summed E-state index contributed by atoms with van der Waals surface area (Å²) in [4.78, 5) is 4.27. The highest BCUT2D eigenvalue weighted by atomic mass is 15.1. The van der Waals surface area contributed by atoms with Crippen LogP contribution in [0.5, 0.6) is 0 Å². The van der Waals surface area contributed by atoms with E-state index in [0.29, 0.717) is 16.4 Å². The minimum absolute atomic E-state index is 0.0307. The van der Waals surface area contributed by atoms with Crippen LogP contribution < -0.4 is 0 Å². The summed E-state index contributed by atoms with van der Waals surface area (Å²) in [6, 6.07) is 11.3. The predicted molar refractivity (Wildman–Crippen MR) is 64.3 cm³/mol. The smallest absolute Gasteiger partial charge is 0.181 e. The zero-order chi connectivity index (χ0) is 12.5. The third kappa shape index (κ3) is 1.28. The fraction of sp³-hybridized carbons (Fsp3) is 0. The third-order valence-electron chi connectivity index (χ3n) is 2.71. The van der Waals surface area contributed by atoms with E-state index in [9.17, 15) is 5.26 Å². The Morgan fingerprint density at radius 1 is 1.00 bits per heavy atom. The molecule has 0 N–H and O–H groups in total. The van der Waals surface area contributed by atoms with Gasteiger partial charge in [-0.25, -0.2) is 0 Å². The van der Waals surface area contributed by atoms with Gasteiger partial charge in [-0.05, 0) is 12.1 Å². The van der Waals surface area contributed by atoms with E-state index < -0.39 is 0 Å². The lowest BCUT2D eigenvalue weighted by Crippen LogP contribution is -1.96. The SMILES string of the molecule is N#Cc1nnc2ccc3cccnc3c2c1C#N. The predicted octanol–water partition coefficient (Wildman–Crippen LogP) is 1.92. The Morgan fingerprint density at radius 3 is 2.67 bits per heavy atom. The quantitative estimate of drug-likeness (QED) is 0.551. The molecule has 0 bridgehead atoms. The monoisotopic (exact) mass is 231 g/mol. The van der Waals surface area contributed by atoms with Gasteiger partial charge in [0, 0.05) is 17.0 Å². The molecule has 5 heteroatoms. The molecule has 0 saturated carbocycles. The summed E-state index contributed by atoms with van der Waals surface area (Å²) in [6.07, 6.45) is 1.65. The molecule has 3 rings (SSSR count). The summed E-state index contributed by atoms with van der Waals surface area (Å²) >= 11 is 0. The standard InChI is InChI=1S/C13H5N5/c14-6-9-11(7-15)18-17-10-4-3-8-2-1-5-16-13(8)12(9)10/h1-5H. The lowest BCUT2D eigenvalue weighted by atomic mass is 10.0. The van der Waals surface area contributed by atoms with Crippen LogP contribution in [0.15, 0.2) is 30.5 Å². The van der Waals surface area contributed by atoms with E-state index >= 15 is 0 Å². The number of hydrogen-bond acceptors (Lipinski definition) is 5. The van der Waals surface area contributed by atoms with Gasteiger partial charge in [-0.2, -0.15) is 10.5 Å². The minimum Gasteiger partial charge on any atom is -0.255 e. The minimum atomic E-state index is 0.0307. The summed E-state index contributed by atoms with van der Waals surface area (Å²) in [7, 11) is 0. The summed E-state index contributed by atoms with van der Waals surface area (Å²) in [5.41, 5.74) is 1.49. The van der Waals surface area contributed by atoms with Gasteiger partial charge in [0.1, 0.15) is 17.7 Å². The summed E-state index contributed by atoms with van der Waals surface area (Å²) in [5, 5.41) is 27.3. The fourth-order valence-electron chi connectivity index (χ4n) is 1.92. The number of pyridine rings is 1. The molecule has 2 aromatic heterocycles. The lowest BCUT2D eigenvalue weighted by Gasteiger charge is -2.03. The highest BCUT2D eigenvalue weighted by Crippen LogP contribution is 2.25. The molecule has 0 radical (unpaired) electrons. The Hall–Kier alpha value is -3.05. The molecule has 1 aromatic carbocycles. The molecule has 0 spiro atoms. The van der Waals surface area contributed by atoms with Crippen LogP contribution in [-0.2, 0) is 0 Å². The van der Waals surface area contributed by atoms with Crippen molar-refractivity contribution in [3.8, 4) is 12.1 Å². The second kappa shape index (κ2) is 3.76. The molecule has 0 aliphatic heterocycles. The topological polar surface area (TPSA) is 86.2 Å². The van der Waals surface area contributed by atoms with Crippen LogP contribution in [0.4, 0.5) is 0 Å². The van der Waals surface area contributed by atoms with Crippen LogP contribution in [0.25, 0.3) is 21.8 Å². The van der Waals surface area contributed by atoms with Crippen molar-refractivity contribution in [1.29, 1.82) is 10.5 Å². The van der Waals surface area contributed by atoms with Gasteiger partial charge in [-0.15, -0.1) is 10.2 Å². The second-order valence-corrected chi connectivity index (χ2v) is 3.68. The fourth-order valence-corrected chi connectivity index (χ4v) is 1.92. The molecule has 0 fully saturated rings. The molecule has 0 amide bonds. The van der Waals surface area contributed by atoms with Crippen molar-refractivity contribution in [2.24, 2.45) is 0 Å². The van der Waals surface area contributed by atoms with E-state index in [4.69, 9.17) is 5.26 Å². The van der Waals surface area contributed by atoms with Crippen molar-refractivity contribution in [1.82, 2.24) is 15.2 Å². The van der Waals surface area contributed by atoms with Crippen molar-refractivity contribution >= 4 is 21.8 Å². The molecule has 2 heterocycles. The highest BCUT2D eigenvalue weighted by molar-refractivity contribution is 6.06. The van der Waals surface area contributed by atoms with Crippen LogP contribution in [-0.4, -0.2) is 15.2 Å². The van der Waals surface area contributed by atoms with Gasteiger partial charge in [0.05, 0.1) is 11.0 Å². The van der Waals surface area contributed by atoms with Crippen molar-refractivity contribution in [3.05, 3.63) is 41.7 Å². The van der Waals surface area contributed by atoms with Crippen LogP contribution in [0.3, 0.4) is 0 Å². The maximum absolute atomic E-state index is 9.21. The average Bonchev–Trinajstić information content (AvgIpc) is 2.45. The van der Waals surface area contributed by atoms with Gasteiger partial charge in [0.15, 0.2) is 5.69 Å². The number of fused-ring (bicyclic) bond motifs is 3. The normalized spacial score (nSPS) is 10.1. The van der Waals surface area contributed by atoms with Crippen molar-refractivity contribution in [2.45, 2.75) is 0 Å². The van der Waals surface area contributed by atoms with Gasteiger partial charge < -0.3 is 0 Å². The number of rotatable bonds is 0. The third-order valence-corrected chi connectivity index (χ3v) is 2.71. The van der Waals surface area contributed by atoms with Gasteiger partial charge in [-0.1, -0.05) is 12.1 Å². The molecular weight excluding hydrogens is 226 g/mol. The van der Waals surface area contributed by atoms with Crippen LogP contribution in [0.1, 0.15) is 11.3 Å². The molecule has 0 atom stereocenters. The summed E-state index contributed by atoms with van der Waals surface area (Å²) in [6.45, 7) is 0. The van der Waals surface area contributed by atoms with Crippen LogP contribution >= 0.6 is 0 Å². The summed E-state index contributed by atoms with van der Waals surface area (Å²) in [5.74, 6) is 0. The number of nitrogens with zero attached hydrogens (tertiary/aromatic N) is 5. The number of hydrogen-bond donors (Lipinski definition) is 0. The Bertz CT molecular complexity index is 855. The number of benzene rings is 1. The van der Waals surface area contributed by atoms with E-state index in [1.165, 1.54) is 0 Å². The van der Waals surface area contributed by atoms with Gasteiger partial charge in [0.25, 0.3) is 0 Å². The maximum Gasteiger partial charge on any atom is 0.181 e. The Labute approximate surface area is 102 Å². The van der Waals surface area contributed by atoms with E-state index in [0.717, 1.165) is 5.39 Å². The average molecular weight is 231 g/mol. The van der Waals surface area contributed by atoms with E-state index in [2.05, 4.69) is 15.2 Å². The molecule has 0 aliphatic rings. The summed E-state index contributed by atoms with van der Waals surface area (Å²) < 4.78 is 0. The second-order valence-electron chi connectivity index (χ2n) is 3.68. The Balaban J connectivity index is 2.64. The molecule has 3 aromatic rings. The molecule has 0 aliphatic carbocycles. The number of aromatic nitrogens is 3. The van der Waals surface area contributed by atoms with Crippen LogP contribution in [0, 0.1) is 22.7 Å². The first-order valence-electron chi connectivity index (χ1n) is 5.19. The van der Waals surface area contributed by atoms with E-state index in [1.807, 2.05) is 30.3 Å². The van der Waals surface area contributed by atoms with Gasteiger partial charge in [-0.3, -0.25) is 4.98 Å². The van der Waals surface area contributed by atoms with Gasteiger partial charge >= 0.3 is 0 Å². The molecular formula is C13H5N5. The molecule has 5 nitrogen and oxygen atoms in total. The zero-order valence-electron chi connectivity index (χ0n) is 9.12. The zero-order valence-corrected chi connectivity index (χ0v) is 9.12. The highest BCUT2D eigenvalue weighted by Gasteiger charge is 2.13. The molecule has 18 heavy (non-hydrogen) atoms. The largest absolute Gasteiger partial charge is 0.255 e. The molecule has 82 valence electrons. The van der Waals surface area contributed by atoms with Gasteiger partial charge in [0.2, 0.25) is 0 Å². The maximum atomic E-state index is 9.21. The van der Waals surface area contributed by atoms with Crippen molar-refractivity contribution in [3.63, 3.8) is 0 Å². The van der Waals surface area contributed by atoms with E-state index in [-0.39, 0.29) is 11.3 Å². The van der Waals surface area contributed by atoms with Crippen LogP contribution in [0.2, 0.25) is 0 Å². The lowest BCUT2D eigenvalue weighted by molar-refractivity contribution is 1.04. The molecule has 0 unspecified atom stereocenters. The molecule has 0 saturated heterocycles. The van der Waals surface area contributed by atoms with Crippen molar-refractivity contribution in [2.75, 3.05) is 0 Å². The first-order valence-corrected chi connectivity index (χ1v) is 5.19.